The van der Waals surface area contributed by atoms with Crippen LogP contribution in [0, 0.1) is 0 Å². The first kappa shape index (κ1) is 35.9. The molecule has 222 valence electrons. The molecule has 0 N–H and O–H groups in total. The second-order valence-electron chi connectivity index (χ2n) is 12.6. The van der Waals surface area contributed by atoms with E-state index in [-0.39, 0.29) is 17.3 Å². The van der Waals surface area contributed by atoms with Crippen molar-refractivity contribution >= 4 is 32.7 Å². The van der Waals surface area contributed by atoms with Crippen molar-refractivity contribution in [1.29, 1.82) is 0 Å². The Morgan fingerprint density at radius 3 is 2.03 bits per heavy atom. The zero-order valence-corrected chi connectivity index (χ0v) is 30.2. The SMILES string of the molecule is CCC[CH2][Sn]([CH2]CCC)([CH2]CCC)/[C](=C/C(=C\COC1CCCCO1)CO[Si](C)(C)C(C)(C)C)C(=O)OC. The van der Waals surface area contributed by atoms with Gasteiger partial charge in [0.2, 0.25) is 0 Å². The van der Waals surface area contributed by atoms with Gasteiger partial charge < -0.3 is 0 Å². The molecule has 1 aliphatic heterocycles. The summed E-state index contributed by atoms with van der Waals surface area (Å²) >= 11 is -3.05. The van der Waals surface area contributed by atoms with Gasteiger partial charge in [-0.1, -0.05) is 0 Å². The fourth-order valence-electron chi connectivity index (χ4n) is 4.79. The van der Waals surface area contributed by atoms with Gasteiger partial charge in [0.25, 0.3) is 0 Å². The molecule has 7 heteroatoms. The summed E-state index contributed by atoms with van der Waals surface area (Å²) in [5.74, 6) is -0.112. The van der Waals surface area contributed by atoms with Crippen LogP contribution in [0.5, 0.6) is 0 Å². The number of ether oxygens (including phenoxy) is 3. The second kappa shape index (κ2) is 18.3. The maximum atomic E-state index is 13.5. The van der Waals surface area contributed by atoms with Crippen LogP contribution in [-0.4, -0.2) is 65.9 Å². The van der Waals surface area contributed by atoms with E-state index >= 15 is 0 Å². The van der Waals surface area contributed by atoms with Gasteiger partial charge >= 0.3 is 241 Å². The Morgan fingerprint density at radius 2 is 1.58 bits per heavy atom. The van der Waals surface area contributed by atoms with E-state index in [1.165, 1.54) is 32.6 Å². The van der Waals surface area contributed by atoms with Gasteiger partial charge in [0, 0.05) is 0 Å². The molecular weight excluding hydrogens is 599 g/mol. The number of hydrogen-bond acceptors (Lipinski definition) is 5. The van der Waals surface area contributed by atoms with E-state index in [1.54, 1.807) is 7.11 Å². The molecule has 0 saturated carbocycles. The van der Waals surface area contributed by atoms with Crippen LogP contribution >= 0.6 is 0 Å². The van der Waals surface area contributed by atoms with E-state index in [9.17, 15) is 4.79 Å². The quantitative estimate of drug-likeness (QED) is 0.0637. The van der Waals surface area contributed by atoms with Crippen LogP contribution in [-0.2, 0) is 23.4 Å². The summed E-state index contributed by atoms with van der Waals surface area (Å²) in [6.07, 6.45) is 14.5. The van der Waals surface area contributed by atoms with Crippen LogP contribution in [0.15, 0.2) is 21.3 Å². The number of hydrogen-bond donors (Lipinski definition) is 0. The van der Waals surface area contributed by atoms with Crippen molar-refractivity contribution in [2.45, 2.75) is 137 Å². The van der Waals surface area contributed by atoms with E-state index < -0.39 is 26.7 Å². The summed E-state index contributed by atoms with van der Waals surface area (Å²) < 4.78 is 28.7. The van der Waals surface area contributed by atoms with E-state index in [2.05, 4.69) is 66.8 Å². The molecule has 1 heterocycles. The third kappa shape index (κ3) is 12.2. The van der Waals surface area contributed by atoms with Crippen LogP contribution < -0.4 is 0 Å². The standard InChI is InChI=1S/C19H33O5Si.3C4H9.Sn/c1-19(2,3)25(5,6)24-15-16(10-11-17(20)21-4)12-14-23-18-9-7-8-13-22-18;3*1-3-4-2;/h10,12,18H,7-9,13-15H2,1-6H3;3*1,3-4H2,2H3;/b11-10?,16-12+;;;;. The van der Waals surface area contributed by atoms with Crippen molar-refractivity contribution in [3.05, 3.63) is 21.3 Å². The number of carbonyl (C=O) groups excluding carboxylic acids is 1. The molecule has 0 aromatic carbocycles. The third-order valence-corrected chi connectivity index (χ3v) is 28.5. The molecule has 1 fully saturated rings. The van der Waals surface area contributed by atoms with Gasteiger partial charge in [0.05, 0.1) is 0 Å². The molecule has 0 aromatic rings. The second-order valence-corrected chi connectivity index (χ2v) is 30.5. The van der Waals surface area contributed by atoms with Crippen LogP contribution in [0.1, 0.15) is 99.3 Å². The van der Waals surface area contributed by atoms with E-state index in [4.69, 9.17) is 18.6 Å². The van der Waals surface area contributed by atoms with E-state index in [0.29, 0.717) is 13.2 Å². The Hall–Kier alpha value is -0.154. The molecule has 1 rings (SSSR count). The molecule has 0 bridgehead atoms. The van der Waals surface area contributed by atoms with Crippen LogP contribution in [0.4, 0.5) is 0 Å². The third-order valence-electron chi connectivity index (χ3n) is 8.50. The van der Waals surface area contributed by atoms with Gasteiger partial charge in [0.1, 0.15) is 0 Å². The fraction of sp³-hybridized carbons (Fsp3) is 0.839. The molecule has 0 aromatic heterocycles. The predicted molar refractivity (Wildman–Crippen MR) is 166 cm³/mol. The normalized spacial score (nSPS) is 18.1. The van der Waals surface area contributed by atoms with Crippen molar-refractivity contribution in [2.24, 2.45) is 0 Å². The van der Waals surface area contributed by atoms with Crippen molar-refractivity contribution in [1.82, 2.24) is 0 Å². The Labute approximate surface area is 240 Å². The zero-order chi connectivity index (χ0) is 28.7. The average molecular weight is 660 g/mol. The summed E-state index contributed by atoms with van der Waals surface area (Å²) in [5, 5.41) is 0.117. The molecule has 5 nitrogen and oxygen atoms in total. The summed E-state index contributed by atoms with van der Waals surface area (Å²) in [6.45, 7) is 19.9. The maximum absolute atomic E-state index is 13.5. The number of esters is 1. The first-order valence-electron chi connectivity index (χ1n) is 15.3. The van der Waals surface area contributed by atoms with Gasteiger partial charge in [-0.3, -0.25) is 0 Å². The van der Waals surface area contributed by atoms with Crippen LogP contribution in [0.2, 0.25) is 31.4 Å². The Bertz CT molecular complexity index is 713. The Morgan fingerprint density at radius 1 is 1.00 bits per heavy atom. The van der Waals surface area contributed by atoms with E-state index in [0.717, 1.165) is 54.3 Å². The van der Waals surface area contributed by atoms with Crippen molar-refractivity contribution in [2.75, 3.05) is 26.9 Å². The fourth-order valence-corrected chi connectivity index (χ4v) is 22.0. The van der Waals surface area contributed by atoms with Gasteiger partial charge in [-0.2, -0.15) is 0 Å². The average Bonchev–Trinajstić information content (AvgIpc) is 2.89. The van der Waals surface area contributed by atoms with Crippen molar-refractivity contribution in [3.8, 4) is 0 Å². The summed E-state index contributed by atoms with van der Waals surface area (Å²) in [5.41, 5.74) is 1.05. The molecule has 0 radical (unpaired) electrons. The molecule has 1 unspecified atom stereocenters. The summed E-state index contributed by atoms with van der Waals surface area (Å²) in [6, 6.07) is 0. The number of unbranched alkanes of at least 4 members (excludes halogenated alkanes) is 3. The first-order chi connectivity index (χ1) is 18.0. The van der Waals surface area contributed by atoms with E-state index in [1.807, 2.05) is 0 Å². The van der Waals surface area contributed by atoms with Gasteiger partial charge in [-0.25, -0.2) is 0 Å². The zero-order valence-electron chi connectivity index (χ0n) is 26.4. The Kier molecular flexibility index (Phi) is 17.3. The molecular formula is C31H60O5SiSn. The number of carbonyl (C=O) groups is 1. The number of rotatable bonds is 18. The molecule has 38 heavy (non-hydrogen) atoms. The van der Waals surface area contributed by atoms with Gasteiger partial charge in [0.15, 0.2) is 0 Å². The minimum atomic E-state index is -3.05. The summed E-state index contributed by atoms with van der Waals surface area (Å²) in [4.78, 5) is 13.5. The van der Waals surface area contributed by atoms with Crippen LogP contribution in [0.3, 0.4) is 0 Å². The predicted octanol–water partition coefficient (Wildman–Crippen LogP) is 8.97. The minimum absolute atomic E-state index is 0.112. The molecule has 1 atom stereocenters. The van der Waals surface area contributed by atoms with Crippen molar-refractivity contribution in [3.63, 3.8) is 0 Å². The van der Waals surface area contributed by atoms with Crippen LogP contribution in [0.25, 0.3) is 0 Å². The molecule has 1 saturated heterocycles. The monoisotopic (exact) mass is 660 g/mol. The van der Waals surface area contributed by atoms with Gasteiger partial charge in [-0.15, -0.1) is 0 Å². The molecule has 0 amide bonds. The van der Waals surface area contributed by atoms with Gasteiger partial charge in [-0.05, 0) is 0 Å². The molecule has 1 aliphatic rings. The Balaban J connectivity index is 3.48. The molecule has 0 spiro atoms. The first-order valence-corrected chi connectivity index (χ1v) is 25.7. The summed E-state index contributed by atoms with van der Waals surface area (Å²) in [7, 11) is -0.422. The topological polar surface area (TPSA) is 54.0 Å². The molecule has 0 aliphatic carbocycles. The number of methoxy groups -OCH3 is 1. The van der Waals surface area contributed by atoms with Crippen molar-refractivity contribution < 1.29 is 23.4 Å².